The third-order valence-corrected chi connectivity index (χ3v) is 5.28. The van der Waals surface area contributed by atoms with Gasteiger partial charge in [-0.1, -0.05) is 6.92 Å². The molecule has 2 aromatic rings. The van der Waals surface area contributed by atoms with Crippen LogP contribution in [-0.4, -0.2) is 16.7 Å². The van der Waals surface area contributed by atoms with Gasteiger partial charge in [-0.3, -0.25) is 30.6 Å². The van der Waals surface area contributed by atoms with E-state index < -0.39 is 16.7 Å². The molecule has 0 saturated carbocycles. The second kappa shape index (κ2) is 7.52. The highest BCUT2D eigenvalue weighted by atomic mass is 32.1. The van der Waals surface area contributed by atoms with Crippen LogP contribution in [0.2, 0.25) is 0 Å². The van der Waals surface area contributed by atoms with Crippen LogP contribution < -0.4 is 10.9 Å². The topological polar surface area (TPSA) is 114 Å². The third kappa shape index (κ3) is 4.17. The van der Waals surface area contributed by atoms with E-state index >= 15 is 0 Å². The van der Waals surface area contributed by atoms with Crippen molar-refractivity contribution >= 4 is 35.1 Å². The lowest BCUT2D eigenvalue weighted by atomic mass is 9.90. The first kappa shape index (κ1) is 17.9. The number of carbonyl (C=O) groups excluding carboxylic acids is 2. The molecule has 0 radical (unpaired) electrons. The first-order valence-electron chi connectivity index (χ1n) is 8.06. The Morgan fingerprint density at radius 3 is 2.92 bits per heavy atom. The Morgan fingerprint density at radius 2 is 2.19 bits per heavy atom. The second-order valence-corrected chi connectivity index (χ2v) is 7.25. The minimum atomic E-state index is -0.668. The van der Waals surface area contributed by atoms with Crippen molar-refractivity contribution in [3.8, 4) is 0 Å². The zero-order valence-corrected chi connectivity index (χ0v) is 14.8. The van der Waals surface area contributed by atoms with Crippen molar-refractivity contribution < 1.29 is 18.9 Å². The van der Waals surface area contributed by atoms with Crippen molar-refractivity contribution in [1.29, 1.82) is 0 Å². The smallest absolute Gasteiger partial charge is 0.401 e. The van der Waals surface area contributed by atoms with Crippen LogP contribution in [0.15, 0.2) is 28.7 Å². The minimum absolute atomic E-state index is 0.165. The van der Waals surface area contributed by atoms with Gasteiger partial charge in [0.05, 0.1) is 10.9 Å². The van der Waals surface area contributed by atoms with Gasteiger partial charge in [-0.2, -0.15) is 0 Å². The summed E-state index contributed by atoms with van der Waals surface area (Å²) in [4.78, 5) is 35.6. The number of fused-ring (bicyclic) bond motifs is 1. The molecule has 8 nitrogen and oxygen atoms in total. The Morgan fingerprint density at radius 1 is 1.38 bits per heavy atom. The Bertz CT molecular complexity index is 883. The van der Waals surface area contributed by atoms with Gasteiger partial charge in [-0.25, -0.2) is 0 Å². The van der Waals surface area contributed by atoms with E-state index in [1.165, 1.54) is 40.0 Å². The molecule has 1 atom stereocenters. The van der Waals surface area contributed by atoms with Gasteiger partial charge >= 0.3 is 5.88 Å². The summed E-state index contributed by atoms with van der Waals surface area (Å²) in [5, 5.41) is 10.5. The first-order chi connectivity index (χ1) is 12.4. The number of amides is 2. The highest BCUT2D eigenvalue weighted by molar-refractivity contribution is 7.14. The fourth-order valence-corrected chi connectivity index (χ4v) is 3.83. The molecule has 2 amide bonds. The fourth-order valence-electron chi connectivity index (χ4n) is 2.73. The van der Waals surface area contributed by atoms with Crippen LogP contribution in [0.25, 0.3) is 6.08 Å². The summed E-state index contributed by atoms with van der Waals surface area (Å²) in [6.45, 7) is 2.19. The van der Waals surface area contributed by atoms with Gasteiger partial charge in [-0.05, 0) is 49.0 Å². The highest BCUT2D eigenvalue weighted by Gasteiger charge is 2.20. The number of hydrazine groups is 1. The van der Waals surface area contributed by atoms with E-state index in [0.29, 0.717) is 10.8 Å². The van der Waals surface area contributed by atoms with Crippen LogP contribution in [0.1, 0.15) is 39.2 Å². The van der Waals surface area contributed by atoms with Crippen LogP contribution in [-0.2, 0) is 17.6 Å². The van der Waals surface area contributed by atoms with Gasteiger partial charge < -0.3 is 4.42 Å². The molecule has 0 fully saturated rings. The molecule has 0 saturated heterocycles. The highest BCUT2D eigenvalue weighted by Crippen LogP contribution is 2.32. The lowest BCUT2D eigenvalue weighted by Crippen LogP contribution is -2.40. The Hall–Kier alpha value is -2.94. The molecule has 9 heteroatoms. The number of thiophene rings is 1. The lowest BCUT2D eigenvalue weighted by Gasteiger charge is -2.16. The molecular formula is C17H17N3O5S. The average Bonchev–Trinajstić information content (AvgIpc) is 3.24. The van der Waals surface area contributed by atoms with E-state index in [0.717, 1.165) is 25.3 Å². The Kier molecular flexibility index (Phi) is 5.17. The zero-order chi connectivity index (χ0) is 18.7. The SMILES string of the molecule is C[C@@H]1CCc2sc(C(=O)NNC(=O)/C=C/c3ccc([N+](=O)[O-])o3)cc2C1. The number of furan rings is 1. The molecule has 26 heavy (non-hydrogen) atoms. The summed E-state index contributed by atoms with van der Waals surface area (Å²) in [5.74, 6) is -0.567. The minimum Gasteiger partial charge on any atom is -0.401 e. The quantitative estimate of drug-likeness (QED) is 0.484. The molecule has 136 valence electrons. The van der Waals surface area contributed by atoms with Crippen molar-refractivity contribution in [2.45, 2.75) is 26.2 Å². The fraction of sp³-hybridized carbons (Fsp3) is 0.294. The molecule has 1 aliphatic carbocycles. The number of nitro groups is 1. The van der Waals surface area contributed by atoms with Crippen molar-refractivity contribution in [2.75, 3.05) is 0 Å². The monoisotopic (exact) mass is 375 g/mol. The lowest BCUT2D eigenvalue weighted by molar-refractivity contribution is -0.402. The van der Waals surface area contributed by atoms with Gasteiger partial charge in [0, 0.05) is 11.0 Å². The maximum atomic E-state index is 12.2. The van der Waals surface area contributed by atoms with Crippen LogP contribution in [0.5, 0.6) is 0 Å². The van der Waals surface area contributed by atoms with Gasteiger partial charge in [0.2, 0.25) is 0 Å². The number of rotatable bonds is 4. The van der Waals surface area contributed by atoms with E-state index in [1.807, 2.05) is 6.07 Å². The number of hydrogen-bond donors (Lipinski definition) is 2. The van der Waals surface area contributed by atoms with E-state index in [-0.39, 0.29) is 11.7 Å². The van der Waals surface area contributed by atoms with Crippen LogP contribution in [0.3, 0.4) is 0 Å². The molecule has 0 spiro atoms. The molecule has 2 aromatic heterocycles. The molecule has 0 aliphatic heterocycles. The van der Waals surface area contributed by atoms with Gasteiger partial charge in [-0.15, -0.1) is 11.3 Å². The molecule has 2 heterocycles. The molecule has 0 aromatic carbocycles. The predicted octanol–water partition coefficient (Wildman–Crippen LogP) is 2.85. The number of aryl methyl sites for hydroxylation is 1. The van der Waals surface area contributed by atoms with Gasteiger partial charge in [0.1, 0.15) is 10.7 Å². The molecule has 0 bridgehead atoms. The van der Waals surface area contributed by atoms with Crippen LogP contribution >= 0.6 is 11.3 Å². The summed E-state index contributed by atoms with van der Waals surface area (Å²) in [6, 6.07) is 4.45. The average molecular weight is 375 g/mol. The predicted molar refractivity (Wildman–Crippen MR) is 95.5 cm³/mol. The van der Waals surface area contributed by atoms with Crippen molar-refractivity contribution in [3.63, 3.8) is 0 Å². The normalized spacial score (nSPS) is 16.3. The van der Waals surface area contributed by atoms with Gasteiger partial charge in [0.25, 0.3) is 11.8 Å². The Balaban J connectivity index is 1.53. The number of nitrogens with zero attached hydrogens (tertiary/aromatic N) is 1. The zero-order valence-electron chi connectivity index (χ0n) is 14.0. The first-order valence-corrected chi connectivity index (χ1v) is 8.88. The summed E-state index contributed by atoms with van der Waals surface area (Å²) in [7, 11) is 0. The molecule has 1 aliphatic rings. The second-order valence-electron chi connectivity index (χ2n) is 6.12. The number of hydrogen-bond acceptors (Lipinski definition) is 6. The summed E-state index contributed by atoms with van der Waals surface area (Å²) in [6.07, 6.45) is 5.48. The molecule has 0 unspecified atom stereocenters. The van der Waals surface area contributed by atoms with Crippen molar-refractivity contribution in [1.82, 2.24) is 10.9 Å². The molecule has 3 rings (SSSR count). The maximum Gasteiger partial charge on any atom is 0.433 e. The van der Waals surface area contributed by atoms with E-state index in [1.54, 1.807) is 0 Å². The molecule has 2 N–H and O–H groups in total. The third-order valence-electron chi connectivity index (χ3n) is 4.04. The Labute approximate surface area is 153 Å². The van der Waals surface area contributed by atoms with Crippen molar-refractivity contribution in [2.24, 2.45) is 5.92 Å². The largest absolute Gasteiger partial charge is 0.433 e. The van der Waals surface area contributed by atoms with E-state index in [9.17, 15) is 19.7 Å². The summed E-state index contributed by atoms with van der Waals surface area (Å²) < 4.78 is 4.89. The standard InChI is InChI=1S/C17H17N3O5S/c1-10-2-5-13-11(8-10)9-14(26-13)17(22)19-18-15(21)6-3-12-4-7-16(25-12)20(23)24/h3-4,6-7,9-10H,2,5,8H2,1H3,(H,18,21)(H,19,22)/b6-3+/t10-/m1/s1. The maximum absolute atomic E-state index is 12.2. The van der Waals surface area contributed by atoms with Crippen LogP contribution in [0.4, 0.5) is 5.88 Å². The molecular weight excluding hydrogens is 358 g/mol. The summed E-state index contributed by atoms with van der Waals surface area (Å²) >= 11 is 1.45. The van der Waals surface area contributed by atoms with Crippen molar-refractivity contribution in [3.05, 3.63) is 55.5 Å². The number of carbonyl (C=O) groups is 2. The van der Waals surface area contributed by atoms with E-state index in [4.69, 9.17) is 4.42 Å². The van der Waals surface area contributed by atoms with E-state index in [2.05, 4.69) is 17.8 Å². The van der Waals surface area contributed by atoms with Gasteiger partial charge in [0.15, 0.2) is 0 Å². The van der Waals surface area contributed by atoms with Crippen LogP contribution in [0, 0.1) is 16.0 Å². The summed E-state index contributed by atoms with van der Waals surface area (Å²) in [5.41, 5.74) is 5.85. The number of nitrogens with one attached hydrogen (secondary N) is 2.